The second-order valence-corrected chi connectivity index (χ2v) is 7.07. The summed E-state index contributed by atoms with van der Waals surface area (Å²) in [6, 6.07) is 17.6. The topological polar surface area (TPSA) is 67.8 Å². The fraction of sp³-hybridized carbons (Fsp3) is 0. The Bertz CT molecular complexity index is 1080. The van der Waals surface area contributed by atoms with E-state index in [-0.39, 0.29) is 16.5 Å². The second-order valence-electron chi connectivity index (χ2n) is 5.79. The summed E-state index contributed by atoms with van der Waals surface area (Å²) in [4.78, 5) is 24.2. The van der Waals surface area contributed by atoms with Gasteiger partial charge in [0.25, 0.3) is 5.91 Å². The Balaban J connectivity index is 1.59. The quantitative estimate of drug-likeness (QED) is 0.238. The Labute approximate surface area is 181 Å². The highest BCUT2D eigenvalue weighted by molar-refractivity contribution is 6.36. The molecule has 0 aromatic heterocycles. The molecule has 0 aliphatic carbocycles. The van der Waals surface area contributed by atoms with E-state index < -0.39 is 5.97 Å². The Morgan fingerprint density at radius 1 is 0.897 bits per heavy atom. The van der Waals surface area contributed by atoms with E-state index in [0.717, 1.165) is 0 Å². The Kier molecular flexibility index (Phi) is 6.88. The first-order valence-corrected chi connectivity index (χ1v) is 9.42. The molecule has 0 heterocycles. The molecular formula is C21H13Cl3N2O3. The van der Waals surface area contributed by atoms with Crippen LogP contribution in [0.5, 0.6) is 5.75 Å². The summed E-state index contributed by atoms with van der Waals surface area (Å²) < 4.78 is 5.29. The number of benzene rings is 3. The van der Waals surface area contributed by atoms with Gasteiger partial charge in [-0.1, -0.05) is 40.9 Å². The first-order chi connectivity index (χ1) is 13.9. The number of hydrogen-bond donors (Lipinski definition) is 1. The molecule has 0 fully saturated rings. The Hall–Kier alpha value is -2.86. The number of esters is 1. The van der Waals surface area contributed by atoms with Gasteiger partial charge in [-0.05, 0) is 66.2 Å². The minimum absolute atomic E-state index is 0.210. The van der Waals surface area contributed by atoms with Crippen molar-refractivity contribution in [1.29, 1.82) is 0 Å². The highest BCUT2D eigenvalue weighted by atomic mass is 35.5. The van der Waals surface area contributed by atoms with Gasteiger partial charge in [-0.3, -0.25) is 4.79 Å². The number of ether oxygens (including phenoxy) is 1. The number of rotatable bonds is 5. The van der Waals surface area contributed by atoms with Crippen molar-refractivity contribution in [3.63, 3.8) is 0 Å². The lowest BCUT2D eigenvalue weighted by Gasteiger charge is -2.06. The van der Waals surface area contributed by atoms with Crippen LogP contribution in [0, 0.1) is 0 Å². The van der Waals surface area contributed by atoms with Crippen molar-refractivity contribution in [1.82, 2.24) is 5.43 Å². The molecule has 8 heteroatoms. The van der Waals surface area contributed by atoms with E-state index in [1.165, 1.54) is 18.3 Å². The van der Waals surface area contributed by atoms with Crippen LogP contribution in [0.1, 0.15) is 26.3 Å². The maximum absolute atomic E-state index is 12.2. The maximum Gasteiger partial charge on any atom is 0.345 e. The van der Waals surface area contributed by atoms with Gasteiger partial charge in [0.05, 0.1) is 16.8 Å². The average Bonchev–Trinajstić information content (AvgIpc) is 2.69. The smallest absolute Gasteiger partial charge is 0.345 e. The van der Waals surface area contributed by atoms with Crippen LogP contribution in [-0.2, 0) is 0 Å². The molecule has 1 N–H and O–H groups in total. The van der Waals surface area contributed by atoms with Gasteiger partial charge in [-0.2, -0.15) is 5.10 Å². The molecule has 0 aliphatic heterocycles. The average molecular weight is 448 g/mol. The standard InChI is InChI=1S/C21H13Cl3N2O3/c22-15-3-1-2-14(10-15)20(27)26-25-12-13-4-7-17(8-5-13)29-21(28)18-9-6-16(23)11-19(18)24/h1-12H,(H,26,27)/b25-12+. The number of carbonyl (C=O) groups excluding carboxylic acids is 2. The number of halogens is 3. The molecule has 0 saturated heterocycles. The van der Waals surface area contributed by atoms with Gasteiger partial charge >= 0.3 is 5.97 Å². The maximum atomic E-state index is 12.2. The minimum Gasteiger partial charge on any atom is -0.423 e. The summed E-state index contributed by atoms with van der Waals surface area (Å²) in [5.74, 6) is -0.642. The van der Waals surface area contributed by atoms with E-state index >= 15 is 0 Å². The van der Waals surface area contributed by atoms with Crippen LogP contribution in [0.3, 0.4) is 0 Å². The molecule has 0 spiro atoms. The van der Waals surface area contributed by atoms with Crippen molar-refractivity contribution >= 4 is 52.9 Å². The SMILES string of the molecule is O=C(N/N=C/c1ccc(OC(=O)c2ccc(Cl)cc2Cl)cc1)c1cccc(Cl)c1. The first-order valence-electron chi connectivity index (χ1n) is 8.28. The third kappa shape index (κ3) is 5.81. The normalized spacial score (nSPS) is 10.7. The molecule has 146 valence electrons. The Morgan fingerprint density at radius 2 is 1.62 bits per heavy atom. The van der Waals surface area contributed by atoms with Gasteiger partial charge in [0.15, 0.2) is 0 Å². The van der Waals surface area contributed by atoms with Gasteiger partial charge in [0.1, 0.15) is 5.75 Å². The predicted octanol–water partition coefficient (Wildman–Crippen LogP) is 5.63. The number of amides is 1. The number of hydrogen-bond acceptors (Lipinski definition) is 4. The van der Waals surface area contributed by atoms with E-state index in [0.29, 0.717) is 26.9 Å². The van der Waals surface area contributed by atoms with Crippen LogP contribution in [0.4, 0.5) is 0 Å². The van der Waals surface area contributed by atoms with E-state index in [2.05, 4.69) is 10.5 Å². The molecule has 1 amide bonds. The summed E-state index contributed by atoms with van der Waals surface area (Å²) >= 11 is 17.7. The van der Waals surface area contributed by atoms with Crippen LogP contribution < -0.4 is 10.2 Å². The third-order valence-electron chi connectivity index (χ3n) is 3.71. The van der Waals surface area contributed by atoms with Gasteiger partial charge in [0.2, 0.25) is 0 Å². The van der Waals surface area contributed by atoms with Crippen molar-refractivity contribution in [2.75, 3.05) is 0 Å². The van der Waals surface area contributed by atoms with Crippen LogP contribution in [-0.4, -0.2) is 18.1 Å². The highest BCUT2D eigenvalue weighted by Crippen LogP contribution is 2.23. The summed E-state index contributed by atoms with van der Waals surface area (Å²) in [5, 5.41) is 5.00. The number of nitrogens with one attached hydrogen (secondary N) is 1. The van der Waals surface area contributed by atoms with Crippen molar-refractivity contribution in [2.45, 2.75) is 0 Å². The molecule has 0 bridgehead atoms. The molecule has 5 nitrogen and oxygen atoms in total. The van der Waals surface area contributed by atoms with Crippen LogP contribution in [0.15, 0.2) is 71.8 Å². The summed E-state index contributed by atoms with van der Waals surface area (Å²) in [6.07, 6.45) is 1.46. The summed E-state index contributed by atoms with van der Waals surface area (Å²) in [5.41, 5.74) is 3.72. The van der Waals surface area contributed by atoms with E-state index in [1.54, 1.807) is 54.6 Å². The fourth-order valence-corrected chi connectivity index (χ4v) is 2.97. The van der Waals surface area contributed by atoms with Crippen molar-refractivity contribution in [3.05, 3.63) is 98.5 Å². The van der Waals surface area contributed by atoms with Crippen molar-refractivity contribution in [3.8, 4) is 5.75 Å². The molecule has 0 radical (unpaired) electrons. The predicted molar refractivity (Wildman–Crippen MR) is 114 cm³/mol. The Morgan fingerprint density at radius 3 is 2.31 bits per heavy atom. The molecular weight excluding hydrogens is 435 g/mol. The number of carbonyl (C=O) groups is 2. The lowest BCUT2D eigenvalue weighted by molar-refractivity contribution is 0.0734. The monoisotopic (exact) mass is 446 g/mol. The lowest BCUT2D eigenvalue weighted by atomic mass is 10.2. The molecule has 3 aromatic rings. The fourth-order valence-electron chi connectivity index (χ4n) is 2.30. The zero-order valence-corrected chi connectivity index (χ0v) is 17.0. The molecule has 0 atom stereocenters. The van der Waals surface area contributed by atoms with E-state index in [4.69, 9.17) is 39.5 Å². The zero-order chi connectivity index (χ0) is 20.8. The highest BCUT2D eigenvalue weighted by Gasteiger charge is 2.13. The van der Waals surface area contributed by atoms with Crippen LogP contribution in [0.2, 0.25) is 15.1 Å². The van der Waals surface area contributed by atoms with Crippen LogP contribution >= 0.6 is 34.8 Å². The summed E-state index contributed by atoms with van der Waals surface area (Å²) in [7, 11) is 0. The van der Waals surface area contributed by atoms with Gasteiger partial charge in [0, 0.05) is 15.6 Å². The summed E-state index contributed by atoms with van der Waals surface area (Å²) in [6.45, 7) is 0. The third-order valence-corrected chi connectivity index (χ3v) is 4.49. The largest absolute Gasteiger partial charge is 0.423 e. The van der Waals surface area contributed by atoms with E-state index in [9.17, 15) is 9.59 Å². The van der Waals surface area contributed by atoms with Crippen LogP contribution in [0.25, 0.3) is 0 Å². The lowest BCUT2D eigenvalue weighted by Crippen LogP contribution is -2.17. The van der Waals surface area contributed by atoms with Crippen molar-refractivity contribution < 1.29 is 14.3 Å². The zero-order valence-electron chi connectivity index (χ0n) is 14.7. The van der Waals surface area contributed by atoms with Crippen molar-refractivity contribution in [2.24, 2.45) is 5.10 Å². The molecule has 0 aliphatic rings. The molecule has 0 unspecified atom stereocenters. The second kappa shape index (κ2) is 9.56. The van der Waals surface area contributed by atoms with Gasteiger partial charge < -0.3 is 4.74 Å². The molecule has 3 aromatic carbocycles. The van der Waals surface area contributed by atoms with Gasteiger partial charge in [-0.25, -0.2) is 10.2 Å². The number of hydrazone groups is 1. The molecule has 29 heavy (non-hydrogen) atoms. The molecule has 0 saturated carbocycles. The molecule has 3 rings (SSSR count). The van der Waals surface area contributed by atoms with Gasteiger partial charge in [-0.15, -0.1) is 0 Å². The van der Waals surface area contributed by atoms with E-state index in [1.807, 2.05) is 0 Å². The first kappa shape index (κ1) is 20.9. The minimum atomic E-state index is -0.595. The number of nitrogens with zero attached hydrogens (tertiary/aromatic N) is 1.